The molecular formula is C13H22N2O2. The molecule has 0 aromatic heterocycles. The van der Waals surface area contributed by atoms with Gasteiger partial charge in [-0.1, -0.05) is 11.6 Å². The monoisotopic (exact) mass is 238 g/mol. The van der Waals surface area contributed by atoms with Gasteiger partial charge in [0.15, 0.2) is 0 Å². The van der Waals surface area contributed by atoms with Crippen molar-refractivity contribution in [2.45, 2.75) is 25.7 Å². The van der Waals surface area contributed by atoms with Gasteiger partial charge >= 0.3 is 0 Å². The minimum absolute atomic E-state index is 0.203. The van der Waals surface area contributed by atoms with Gasteiger partial charge in [0.05, 0.1) is 19.8 Å². The van der Waals surface area contributed by atoms with Crippen LogP contribution in [0.4, 0.5) is 0 Å². The maximum atomic E-state index is 11.8. The van der Waals surface area contributed by atoms with Crippen LogP contribution in [-0.2, 0) is 9.53 Å². The van der Waals surface area contributed by atoms with Gasteiger partial charge in [0.25, 0.3) is 0 Å². The van der Waals surface area contributed by atoms with Crippen molar-refractivity contribution < 1.29 is 9.53 Å². The Morgan fingerprint density at radius 1 is 1.41 bits per heavy atom. The van der Waals surface area contributed by atoms with Crippen molar-refractivity contribution in [3.8, 4) is 0 Å². The van der Waals surface area contributed by atoms with Gasteiger partial charge in [-0.15, -0.1) is 0 Å². The first-order valence-electron chi connectivity index (χ1n) is 6.60. The molecule has 1 saturated heterocycles. The highest BCUT2D eigenvalue weighted by Crippen LogP contribution is 2.19. The second-order valence-corrected chi connectivity index (χ2v) is 4.67. The van der Waals surface area contributed by atoms with Crippen molar-refractivity contribution in [1.82, 2.24) is 10.2 Å². The number of nitrogens with one attached hydrogen (secondary N) is 1. The summed E-state index contributed by atoms with van der Waals surface area (Å²) in [5.74, 6) is 0.203. The second-order valence-electron chi connectivity index (χ2n) is 4.67. The number of rotatable bonds is 5. The number of amides is 1. The average Bonchev–Trinajstić information content (AvgIpc) is 2.88. The molecule has 17 heavy (non-hydrogen) atoms. The molecular weight excluding hydrogens is 216 g/mol. The molecule has 0 bridgehead atoms. The van der Waals surface area contributed by atoms with E-state index in [0.717, 1.165) is 26.1 Å². The Kier molecular flexibility index (Phi) is 5.01. The molecule has 0 spiro atoms. The van der Waals surface area contributed by atoms with Crippen LogP contribution in [0.25, 0.3) is 0 Å². The number of allylic oxidation sites excluding steroid dienone is 1. The molecule has 1 heterocycles. The minimum atomic E-state index is 0.203. The zero-order chi connectivity index (χ0) is 11.9. The van der Waals surface area contributed by atoms with Gasteiger partial charge in [0, 0.05) is 13.1 Å². The van der Waals surface area contributed by atoms with Crippen LogP contribution in [0, 0.1) is 0 Å². The number of morpholine rings is 1. The molecule has 2 rings (SSSR count). The smallest absolute Gasteiger partial charge is 0.236 e. The van der Waals surface area contributed by atoms with Crippen LogP contribution in [0.15, 0.2) is 11.6 Å². The quantitative estimate of drug-likeness (QED) is 0.572. The van der Waals surface area contributed by atoms with Crippen LogP contribution < -0.4 is 5.32 Å². The molecule has 4 nitrogen and oxygen atoms in total. The molecule has 96 valence electrons. The van der Waals surface area contributed by atoms with Gasteiger partial charge in [-0.25, -0.2) is 0 Å². The predicted molar refractivity (Wildman–Crippen MR) is 66.8 cm³/mol. The second kappa shape index (κ2) is 6.77. The molecule has 1 aliphatic heterocycles. The molecule has 1 fully saturated rings. The van der Waals surface area contributed by atoms with Crippen molar-refractivity contribution in [2.24, 2.45) is 0 Å². The van der Waals surface area contributed by atoms with Crippen LogP contribution in [0.1, 0.15) is 25.7 Å². The van der Waals surface area contributed by atoms with Gasteiger partial charge in [-0.3, -0.25) is 4.79 Å². The first kappa shape index (κ1) is 12.6. The first-order chi connectivity index (χ1) is 8.36. The largest absolute Gasteiger partial charge is 0.378 e. The SMILES string of the molecule is O=C(CNCCC1=CCCC1)N1CCOCC1. The van der Waals surface area contributed by atoms with Crippen LogP contribution in [-0.4, -0.2) is 50.2 Å². The highest BCUT2D eigenvalue weighted by molar-refractivity contribution is 5.78. The van der Waals surface area contributed by atoms with E-state index < -0.39 is 0 Å². The topological polar surface area (TPSA) is 41.6 Å². The Morgan fingerprint density at radius 2 is 2.24 bits per heavy atom. The Morgan fingerprint density at radius 3 is 2.94 bits per heavy atom. The summed E-state index contributed by atoms with van der Waals surface area (Å²) < 4.78 is 5.22. The molecule has 0 atom stereocenters. The fourth-order valence-corrected chi connectivity index (χ4v) is 2.33. The van der Waals surface area contributed by atoms with Crippen LogP contribution in [0.5, 0.6) is 0 Å². The Bertz CT molecular complexity index is 283. The normalized spacial score (nSPS) is 20.5. The molecule has 2 aliphatic rings. The van der Waals surface area contributed by atoms with E-state index in [1.165, 1.54) is 19.3 Å². The summed E-state index contributed by atoms with van der Waals surface area (Å²) in [7, 11) is 0. The summed E-state index contributed by atoms with van der Waals surface area (Å²) in [4.78, 5) is 13.7. The highest BCUT2D eigenvalue weighted by atomic mass is 16.5. The Hall–Kier alpha value is -0.870. The average molecular weight is 238 g/mol. The van der Waals surface area contributed by atoms with Gasteiger partial charge in [0.2, 0.25) is 5.91 Å². The van der Waals surface area contributed by atoms with Gasteiger partial charge < -0.3 is 15.0 Å². The Labute approximate surface area is 103 Å². The summed E-state index contributed by atoms with van der Waals surface area (Å²) in [6.07, 6.45) is 7.23. The first-order valence-corrected chi connectivity index (χ1v) is 6.60. The lowest BCUT2D eigenvalue weighted by atomic mass is 10.2. The summed E-state index contributed by atoms with van der Waals surface area (Å²) >= 11 is 0. The van der Waals surface area contributed by atoms with Crippen LogP contribution in [0.3, 0.4) is 0 Å². The fraction of sp³-hybridized carbons (Fsp3) is 0.769. The zero-order valence-corrected chi connectivity index (χ0v) is 10.4. The van der Waals surface area contributed by atoms with Gasteiger partial charge in [-0.2, -0.15) is 0 Å². The molecule has 0 unspecified atom stereocenters. The standard InChI is InChI=1S/C13H22N2O2/c16-13(15-7-9-17-10-8-15)11-14-6-5-12-3-1-2-4-12/h3,14H,1-2,4-11H2. The van der Waals surface area contributed by atoms with E-state index in [1.54, 1.807) is 5.57 Å². The number of hydrogen-bond donors (Lipinski definition) is 1. The fourth-order valence-electron chi connectivity index (χ4n) is 2.33. The van der Waals surface area contributed by atoms with E-state index in [1.807, 2.05) is 4.90 Å². The number of nitrogens with zero attached hydrogens (tertiary/aromatic N) is 1. The molecule has 1 N–H and O–H groups in total. The molecule has 0 aromatic rings. The third-order valence-electron chi connectivity index (χ3n) is 3.40. The molecule has 4 heteroatoms. The Balaban J connectivity index is 1.56. The lowest BCUT2D eigenvalue weighted by Crippen LogP contribution is -2.44. The van der Waals surface area contributed by atoms with Crippen LogP contribution >= 0.6 is 0 Å². The zero-order valence-electron chi connectivity index (χ0n) is 10.4. The van der Waals surface area contributed by atoms with E-state index >= 15 is 0 Å². The lowest BCUT2D eigenvalue weighted by Gasteiger charge is -2.26. The minimum Gasteiger partial charge on any atom is -0.378 e. The maximum Gasteiger partial charge on any atom is 0.236 e. The maximum absolute atomic E-state index is 11.8. The third kappa shape index (κ3) is 4.13. The predicted octanol–water partition coefficient (Wildman–Crippen LogP) is 0.935. The molecule has 0 aromatic carbocycles. The molecule has 0 saturated carbocycles. The van der Waals surface area contributed by atoms with Gasteiger partial charge in [0.1, 0.15) is 0 Å². The van der Waals surface area contributed by atoms with E-state index in [4.69, 9.17) is 4.74 Å². The van der Waals surface area contributed by atoms with Crippen LogP contribution in [0.2, 0.25) is 0 Å². The van der Waals surface area contributed by atoms with E-state index in [0.29, 0.717) is 19.8 Å². The molecule has 0 radical (unpaired) electrons. The summed E-state index contributed by atoms with van der Waals surface area (Å²) in [6.45, 7) is 4.23. The van der Waals surface area contributed by atoms with E-state index in [9.17, 15) is 4.79 Å². The van der Waals surface area contributed by atoms with Crippen molar-refractivity contribution >= 4 is 5.91 Å². The lowest BCUT2D eigenvalue weighted by molar-refractivity contribution is -0.134. The summed E-state index contributed by atoms with van der Waals surface area (Å²) in [5, 5.41) is 3.24. The number of carbonyl (C=O) groups excluding carboxylic acids is 1. The van der Waals surface area contributed by atoms with E-state index in [-0.39, 0.29) is 5.91 Å². The summed E-state index contributed by atoms with van der Waals surface area (Å²) in [6, 6.07) is 0. The van der Waals surface area contributed by atoms with Crippen molar-refractivity contribution in [3.05, 3.63) is 11.6 Å². The van der Waals surface area contributed by atoms with Gasteiger partial charge in [-0.05, 0) is 32.2 Å². The van der Waals surface area contributed by atoms with Crippen molar-refractivity contribution in [1.29, 1.82) is 0 Å². The highest BCUT2D eigenvalue weighted by Gasteiger charge is 2.15. The number of hydrogen-bond acceptors (Lipinski definition) is 3. The van der Waals surface area contributed by atoms with Crippen molar-refractivity contribution in [3.63, 3.8) is 0 Å². The third-order valence-corrected chi connectivity index (χ3v) is 3.40. The van der Waals surface area contributed by atoms with E-state index in [2.05, 4.69) is 11.4 Å². The number of carbonyl (C=O) groups is 1. The summed E-state index contributed by atoms with van der Waals surface area (Å²) in [5.41, 5.74) is 1.55. The van der Waals surface area contributed by atoms with Crippen molar-refractivity contribution in [2.75, 3.05) is 39.4 Å². The number of ether oxygens (including phenoxy) is 1. The molecule has 1 aliphatic carbocycles. The molecule has 1 amide bonds.